The summed E-state index contributed by atoms with van der Waals surface area (Å²) in [4.78, 5) is 44.1. The third-order valence-corrected chi connectivity index (χ3v) is 6.49. The van der Waals surface area contributed by atoms with E-state index in [1.807, 2.05) is 50.8 Å². The van der Waals surface area contributed by atoms with Crippen molar-refractivity contribution >= 4 is 18.0 Å². The van der Waals surface area contributed by atoms with E-state index in [0.29, 0.717) is 44.0 Å². The molecule has 0 saturated carbocycles. The number of benzene rings is 1. The summed E-state index contributed by atoms with van der Waals surface area (Å²) in [6, 6.07) is 5.11. The van der Waals surface area contributed by atoms with Gasteiger partial charge in [0.25, 0.3) is 0 Å². The lowest BCUT2D eigenvalue weighted by molar-refractivity contribution is -0.139. The third-order valence-electron chi connectivity index (χ3n) is 6.49. The normalized spacial score (nSPS) is 21.4. The highest BCUT2D eigenvalue weighted by Crippen LogP contribution is 2.33. The van der Waals surface area contributed by atoms with Gasteiger partial charge in [-0.05, 0) is 45.7 Å². The molecule has 0 aliphatic carbocycles. The first-order valence-electron chi connectivity index (χ1n) is 12.0. The van der Waals surface area contributed by atoms with Crippen molar-refractivity contribution in [3.05, 3.63) is 46.2 Å². The molecule has 2 aliphatic heterocycles. The number of rotatable bonds is 6. The predicted octanol–water partition coefficient (Wildman–Crippen LogP) is 2.55. The van der Waals surface area contributed by atoms with Gasteiger partial charge in [0.15, 0.2) is 0 Å². The van der Waals surface area contributed by atoms with Crippen LogP contribution in [0.1, 0.15) is 43.5 Å². The van der Waals surface area contributed by atoms with Gasteiger partial charge in [-0.1, -0.05) is 23.8 Å². The Labute approximate surface area is 202 Å². The zero-order valence-corrected chi connectivity index (χ0v) is 21.1. The lowest BCUT2D eigenvalue weighted by Crippen LogP contribution is -2.57. The Hall–Kier alpha value is -3.07. The number of aryl methyl sites for hydroxylation is 2. The zero-order valence-electron chi connectivity index (χ0n) is 21.1. The third kappa shape index (κ3) is 5.35. The van der Waals surface area contributed by atoms with E-state index in [0.717, 1.165) is 16.7 Å². The molecule has 2 heterocycles. The average Bonchev–Trinajstić information content (AvgIpc) is 2.78. The van der Waals surface area contributed by atoms with Gasteiger partial charge < -0.3 is 20.3 Å². The molecule has 1 aromatic rings. The number of piperazine rings is 1. The van der Waals surface area contributed by atoms with Crippen LogP contribution in [0, 0.1) is 13.8 Å². The standard InChI is InChI=1S/C25H37N5O4/c1-7-26-24(32)30-12-11-29(14-18(30)5)15-20-21(23(31)34-8-2)22(27-25(33)28(20)6)19-13-16(3)9-10-17(19)4/h9-10,13,18,22H,7-8,11-12,14-15H2,1-6H3,(H,26,32)(H,27,33)/t18-,22-/m1/s1. The van der Waals surface area contributed by atoms with E-state index in [-0.39, 0.29) is 24.7 Å². The van der Waals surface area contributed by atoms with Crippen molar-refractivity contribution < 1.29 is 19.1 Å². The number of carbonyl (C=O) groups is 3. The molecule has 9 heteroatoms. The number of carbonyl (C=O) groups excluding carboxylic acids is 3. The second-order valence-electron chi connectivity index (χ2n) is 9.00. The van der Waals surface area contributed by atoms with Crippen LogP contribution in [-0.4, -0.2) is 85.2 Å². The quantitative estimate of drug-likeness (QED) is 0.622. The molecular formula is C25H37N5O4. The molecule has 2 N–H and O–H groups in total. The van der Waals surface area contributed by atoms with Crippen molar-refractivity contribution in [1.82, 2.24) is 25.3 Å². The number of esters is 1. The van der Waals surface area contributed by atoms with Gasteiger partial charge in [0.2, 0.25) is 0 Å². The van der Waals surface area contributed by atoms with Gasteiger partial charge in [0, 0.05) is 51.5 Å². The first kappa shape index (κ1) is 25.6. The molecule has 34 heavy (non-hydrogen) atoms. The Morgan fingerprint density at radius 1 is 1.21 bits per heavy atom. The van der Waals surface area contributed by atoms with E-state index in [2.05, 4.69) is 15.5 Å². The molecule has 0 bridgehead atoms. The van der Waals surface area contributed by atoms with Crippen LogP contribution in [0.3, 0.4) is 0 Å². The van der Waals surface area contributed by atoms with Crippen molar-refractivity contribution in [1.29, 1.82) is 0 Å². The van der Waals surface area contributed by atoms with Crippen molar-refractivity contribution in [2.45, 2.75) is 46.7 Å². The fourth-order valence-electron chi connectivity index (χ4n) is 4.65. The van der Waals surface area contributed by atoms with E-state index in [4.69, 9.17) is 4.74 Å². The Kier molecular flexibility index (Phi) is 8.19. The topological polar surface area (TPSA) is 94.2 Å². The number of ether oxygens (including phenoxy) is 1. The molecule has 0 radical (unpaired) electrons. The van der Waals surface area contributed by atoms with Crippen LogP contribution < -0.4 is 10.6 Å². The molecule has 3 rings (SSSR count). The molecule has 0 unspecified atom stereocenters. The number of urea groups is 2. The molecule has 9 nitrogen and oxygen atoms in total. The summed E-state index contributed by atoms with van der Waals surface area (Å²) < 4.78 is 5.45. The van der Waals surface area contributed by atoms with Gasteiger partial charge in [0.05, 0.1) is 18.2 Å². The summed E-state index contributed by atoms with van der Waals surface area (Å²) in [6.07, 6.45) is 0. The Bertz CT molecular complexity index is 976. The summed E-state index contributed by atoms with van der Waals surface area (Å²) in [6.45, 7) is 12.8. The van der Waals surface area contributed by atoms with Crippen molar-refractivity contribution in [2.75, 3.05) is 46.4 Å². The number of amides is 4. The van der Waals surface area contributed by atoms with Crippen LogP contribution >= 0.6 is 0 Å². The number of nitrogens with zero attached hydrogens (tertiary/aromatic N) is 3. The highest BCUT2D eigenvalue weighted by atomic mass is 16.5. The van der Waals surface area contributed by atoms with Crippen molar-refractivity contribution in [3.8, 4) is 0 Å². The molecule has 186 valence electrons. The van der Waals surface area contributed by atoms with Gasteiger partial charge in [-0.2, -0.15) is 0 Å². The SMILES string of the molecule is CCNC(=O)N1CCN(CC2=C(C(=O)OCC)[C@@H](c3cc(C)ccc3C)NC(=O)N2C)C[C@H]1C. The molecule has 1 aromatic carbocycles. The number of hydrogen-bond acceptors (Lipinski definition) is 5. The highest BCUT2D eigenvalue weighted by Gasteiger charge is 2.39. The number of hydrogen-bond donors (Lipinski definition) is 2. The molecule has 2 aliphatic rings. The highest BCUT2D eigenvalue weighted by molar-refractivity contribution is 5.95. The van der Waals surface area contributed by atoms with Crippen LogP contribution in [0.15, 0.2) is 29.5 Å². The van der Waals surface area contributed by atoms with E-state index >= 15 is 0 Å². The second-order valence-corrected chi connectivity index (χ2v) is 9.00. The van der Waals surface area contributed by atoms with E-state index in [1.165, 1.54) is 4.90 Å². The first-order chi connectivity index (χ1) is 16.2. The van der Waals surface area contributed by atoms with Gasteiger partial charge in [-0.25, -0.2) is 14.4 Å². The monoisotopic (exact) mass is 471 g/mol. The summed E-state index contributed by atoms with van der Waals surface area (Å²) in [5.74, 6) is -0.427. The van der Waals surface area contributed by atoms with E-state index in [1.54, 1.807) is 14.0 Å². The minimum Gasteiger partial charge on any atom is -0.463 e. The lowest BCUT2D eigenvalue weighted by atomic mass is 9.90. The molecule has 2 atom stereocenters. The van der Waals surface area contributed by atoms with Crippen molar-refractivity contribution in [3.63, 3.8) is 0 Å². The van der Waals surface area contributed by atoms with E-state index < -0.39 is 12.0 Å². The molecule has 0 spiro atoms. The minimum atomic E-state index is -0.591. The fourth-order valence-corrected chi connectivity index (χ4v) is 4.65. The van der Waals surface area contributed by atoms with Crippen LogP contribution in [-0.2, 0) is 9.53 Å². The first-order valence-corrected chi connectivity index (χ1v) is 12.0. The summed E-state index contributed by atoms with van der Waals surface area (Å²) in [5, 5.41) is 5.86. The maximum absolute atomic E-state index is 13.2. The summed E-state index contributed by atoms with van der Waals surface area (Å²) in [7, 11) is 1.68. The lowest BCUT2D eigenvalue weighted by Gasteiger charge is -2.42. The zero-order chi connectivity index (χ0) is 25.0. The number of nitrogens with one attached hydrogen (secondary N) is 2. The Morgan fingerprint density at radius 2 is 1.94 bits per heavy atom. The molecule has 0 aromatic heterocycles. The smallest absolute Gasteiger partial charge is 0.338 e. The summed E-state index contributed by atoms with van der Waals surface area (Å²) >= 11 is 0. The van der Waals surface area contributed by atoms with Crippen LogP contribution in [0.25, 0.3) is 0 Å². The van der Waals surface area contributed by atoms with Crippen LogP contribution in [0.5, 0.6) is 0 Å². The molecular weight excluding hydrogens is 434 g/mol. The van der Waals surface area contributed by atoms with Gasteiger partial charge in [-0.15, -0.1) is 0 Å². The summed E-state index contributed by atoms with van der Waals surface area (Å²) in [5.41, 5.74) is 4.01. The van der Waals surface area contributed by atoms with E-state index in [9.17, 15) is 14.4 Å². The predicted molar refractivity (Wildman–Crippen MR) is 130 cm³/mol. The minimum absolute atomic E-state index is 0.00415. The van der Waals surface area contributed by atoms with Gasteiger partial charge in [0.1, 0.15) is 0 Å². The largest absolute Gasteiger partial charge is 0.463 e. The van der Waals surface area contributed by atoms with Crippen molar-refractivity contribution in [2.24, 2.45) is 0 Å². The second kappa shape index (κ2) is 10.9. The average molecular weight is 472 g/mol. The van der Waals surface area contributed by atoms with Crippen LogP contribution in [0.4, 0.5) is 9.59 Å². The number of likely N-dealkylation sites (N-methyl/N-ethyl adjacent to an activating group) is 1. The maximum Gasteiger partial charge on any atom is 0.338 e. The molecule has 4 amide bonds. The molecule has 1 saturated heterocycles. The van der Waals surface area contributed by atoms with Gasteiger partial charge in [-0.3, -0.25) is 9.80 Å². The van der Waals surface area contributed by atoms with Gasteiger partial charge >= 0.3 is 18.0 Å². The Morgan fingerprint density at radius 3 is 2.59 bits per heavy atom. The van der Waals surface area contributed by atoms with Crippen LogP contribution in [0.2, 0.25) is 0 Å². The Balaban J connectivity index is 1.97. The maximum atomic E-state index is 13.2. The molecule has 1 fully saturated rings. The fraction of sp³-hybridized carbons (Fsp3) is 0.560.